The van der Waals surface area contributed by atoms with Crippen LogP contribution in [0.4, 0.5) is 0 Å². The maximum absolute atomic E-state index is 10.8. The molecule has 0 aromatic heterocycles. The minimum atomic E-state index is -0.685. The smallest absolute Gasteiger partial charge is 0.306 e. The minimum Gasteiger partial charge on any atom is -0.508 e. The van der Waals surface area contributed by atoms with Gasteiger partial charge in [-0.1, -0.05) is 18.2 Å². The van der Waals surface area contributed by atoms with Gasteiger partial charge in [-0.25, -0.2) is 0 Å². The highest BCUT2D eigenvalue weighted by Gasteiger charge is 2.27. The normalized spacial score (nSPS) is 25.2. The number of para-hydroxylation sites is 1. The number of phenolic OH excluding ortho intramolecular Hbond substituents is 1. The molecule has 86 valence electrons. The molecule has 2 N–H and O–H groups in total. The predicted octanol–water partition coefficient (Wildman–Crippen LogP) is 2.75. The Morgan fingerprint density at radius 3 is 2.31 bits per heavy atom. The molecule has 0 saturated heterocycles. The van der Waals surface area contributed by atoms with Crippen molar-refractivity contribution in [2.45, 2.75) is 31.6 Å². The van der Waals surface area contributed by atoms with E-state index >= 15 is 0 Å². The molecular formula is C13H16O3. The number of phenols is 1. The molecule has 0 spiro atoms. The lowest BCUT2D eigenvalue weighted by molar-refractivity contribution is -0.142. The van der Waals surface area contributed by atoms with E-state index in [4.69, 9.17) is 5.11 Å². The molecule has 0 bridgehead atoms. The molecule has 0 amide bonds. The van der Waals surface area contributed by atoms with E-state index in [1.165, 1.54) is 0 Å². The van der Waals surface area contributed by atoms with Gasteiger partial charge in [-0.3, -0.25) is 4.79 Å². The average molecular weight is 220 g/mol. The highest BCUT2D eigenvalue weighted by atomic mass is 16.4. The van der Waals surface area contributed by atoms with Gasteiger partial charge in [0.1, 0.15) is 5.75 Å². The van der Waals surface area contributed by atoms with E-state index < -0.39 is 5.97 Å². The van der Waals surface area contributed by atoms with Crippen LogP contribution in [0, 0.1) is 5.92 Å². The van der Waals surface area contributed by atoms with E-state index in [0.717, 1.165) is 18.4 Å². The maximum atomic E-state index is 10.8. The Labute approximate surface area is 94.7 Å². The summed E-state index contributed by atoms with van der Waals surface area (Å²) in [5, 5.41) is 18.6. The van der Waals surface area contributed by atoms with Crippen molar-refractivity contribution in [1.29, 1.82) is 0 Å². The number of carbonyl (C=O) groups is 1. The molecule has 1 aromatic rings. The molecule has 0 heterocycles. The molecular weight excluding hydrogens is 204 g/mol. The van der Waals surface area contributed by atoms with Gasteiger partial charge in [0.25, 0.3) is 0 Å². The summed E-state index contributed by atoms with van der Waals surface area (Å²) in [6.07, 6.45) is 3.14. The van der Waals surface area contributed by atoms with E-state index in [2.05, 4.69) is 0 Å². The lowest BCUT2D eigenvalue weighted by Crippen LogP contribution is -2.20. The number of hydrogen-bond acceptors (Lipinski definition) is 2. The zero-order chi connectivity index (χ0) is 11.5. The van der Waals surface area contributed by atoms with E-state index in [-0.39, 0.29) is 5.92 Å². The van der Waals surface area contributed by atoms with Crippen LogP contribution in [-0.2, 0) is 4.79 Å². The van der Waals surface area contributed by atoms with Crippen molar-refractivity contribution in [1.82, 2.24) is 0 Å². The van der Waals surface area contributed by atoms with Crippen LogP contribution in [0.3, 0.4) is 0 Å². The lowest BCUT2D eigenvalue weighted by atomic mass is 9.78. The van der Waals surface area contributed by atoms with Gasteiger partial charge in [0.15, 0.2) is 0 Å². The van der Waals surface area contributed by atoms with Gasteiger partial charge in [0, 0.05) is 0 Å². The Bertz CT molecular complexity index is 379. The van der Waals surface area contributed by atoms with Crippen molar-refractivity contribution in [3.63, 3.8) is 0 Å². The van der Waals surface area contributed by atoms with Crippen LogP contribution in [0.5, 0.6) is 5.75 Å². The molecule has 1 aromatic carbocycles. The maximum Gasteiger partial charge on any atom is 0.306 e. The Kier molecular flexibility index (Phi) is 3.13. The van der Waals surface area contributed by atoms with Crippen molar-refractivity contribution in [2.75, 3.05) is 0 Å². The van der Waals surface area contributed by atoms with Crippen LogP contribution >= 0.6 is 0 Å². The van der Waals surface area contributed by atoms with Gasteiger partial charge in [-0.15, -0.1) is 0 Å². The van der Waals surface area contributed by atoms with Crippen LogP contribution in [-0.4, -0.2) is 16.2 Å². The number of aromatic hydroxyl groups is 1. The molecule has 16 heavy (non-hydrogen) atoms. The van der Waals surface area contributed by atoms with Gasteiger partial charge in [0.2, 0.25) is 0 Å². The molecule has 1 aliphatic carbocycles. The monoisotopic (exact) mass is 220 g/mol. The number of benzene rings is 1. The van der Waals surface area contributed by atoms with Gasteiger partial charge in [0.05, 0.1) is 5.92 Å². The van der Waals surface area contributed by atoms with Gasteiger partial charge < -0.3 is 10.2 Å². The first-order valence-electron chi connectivity index (χ1n) is 5.69. The number of carboxylic acids is 1. The molecule has 0 atom stereocenters. The van der Waals surface area contributed by atoms with Crippen molar-refractivity contribution < 1.29 is 15.0 Å². The second-order valence-electron chi connectivity index (χ2n) is 4.45. The first kappa shape index (κ1) is 11.0. The van der Waals surface area contributed by atoms with Crippen molar-refractivity contribution in [3.05, 3.63) is 29.8 Å². The molecule has 1 fully saturated rings. The molecule has 3 heteroatoms. The van der Waals surface area contributed by atoms with E-state index in [1.807, 2.05) is 18.2 Å². The molecule has 0 aliphatic heterocycles. The van der Waals surface area contributed by atoms with Crippen LogP contribution in [0.15, 0.2) is 24.3 Å². The van der Waals surface area contributed by atoms with Gasteiger partial charge in [-0.2, -0.15) is 0 Å². The van der Waals surface area contributed by atoms with E-state index in [9.17, 15) is 9.90 Å². The number of hydrogen-bond donors (Lipinski definition) is 2. The fraction of sp³-hybridized carbons (Fsp3) is 0.462. The fourth-order valence-electron chi connectivity index (χ4n) is 2.48. The highest BCUT2D eigenvalue weighted by molar-refractivity contribution is 5.70. The summed E-state index contributed by atoms with van der Waals surface area (Å²) in [6.45, 7) is 0. The van der Waals surface area contributed by atoms with Crippen molar-refractivity contribution in [3.8, 4) is 5.75 Å². The van der Waals surface area contributed by atoms with Crippen LogP contribution in [0.1, 0.15) is 37.2 Å². The van der Waals surface area contributed by atoms with E-state index in [0.29, 0.717) is 24.5 Å². The molecule has 0 unspecified atom stereocenters. The summed E-state index contributed by atoms with van der Waals surface area (Å²) in [5.74, 6) is -0.226. The van der Waals surface area contributed by atoms with E-state index in [1.54, 1.807) is 6.07 Å². The number of rotatable bonds is 2. The zero-order valence-corrected chi connectivity index (χ0v) is 9.10. The SMILES string of the molecule is O=C(O)C1CCC(c2ccccc2O)CC1. The van der Waals surface area contributed by atoms with Crippen molar-refractivity contribution in [2.24, 2.45) is 5.92 Å². The third-order valence-electron chi connectivity index (χ3n) is 3.45. The molecule has 0 radical (unpaired) electrons. The molecule has 1 saturated carbocycles. The Balaban J connectivity index is 2.05. The second kappa shape index (κ2) is 4.56. The summed E-state index contributed by atoms with van der Waals surface area (Å²) in [6, 6.07) is 7.35. The second-order valence-corrected chi connectivity index (χ2v) is 4.45. The molecule has 2 rings (SSSR count). The van der Waals surface area contributed by atoms with Crippen LogP contribution in [0.2, 0.25) is 0 Å². The Morgan fingerprint density at radius 1 is 1.12 bits per heavy atom. The highest BCUT2D eigenvalue weighted by Crippen LogP contribution is 2.38. The standard InChI is InChI=1S/C13H16O3/c14-12-4-2-1-3-11(12)9-5-7-10(8-6-9)13(15)16/h1-4,9-10,14H,5-8H2,(H,15,16). The fourth-order valence-corrected chi connectivity index (χ4v) is 2.48. The number of carboxylic acid groups (broad SMARTS) is 1. The van der Waals surface area contributed by atoms with Crippen LogP contribution in [0.25, 0.3) is 0 Å². The summed E-state index contributed by atoms with van der Waals surface area (Å²) >= 11 is 0. The zero-order valence-electron chi connectivity index (χ0n) is 9.10. The largest absolute Gasteiger partial charge is 0.508 e. The minimum absolute atomic E-state index is 0.192. The van der Waals surface area contributed by atoms with Gasteiger partial charge in [-0.05, 0) is 43.2 Å². The van der Waals surface area contributed by atoms with Gasteiger partial charge >= 0.3 is 5.97 Å². The molecule has 1 aliphatic rings. The summed E-state index contributed by atoms with van der Waals surface area (Å²) < 4.78 is 0. The first-order valence-corrected chi connectivity index (χ1v) is 5.69. The quantitative estimate of drug-likeness (QED) is 0.805. The average Bonchev–Trinajstić information content (AvgIpc) is 2.30. The number of aliphatic carboxylic acids is 1. The van der Waals surface area contributed by atoms with Crippen molar-refractivity contribution >= 4 is 5.97 Å². The third-order valence-corrected chi connectivity index (χ3v) is 3.45. The summed E-state index contributed by atoms with van der Waals surface area (Å²) in [4.78, 5) is 10.8. The Hall–Kier alpha value is -1.51. The van der Waals surface area contributed by atoms with Crippen LogP contribution < -0.4 is 0 Å². The summed E-state index contributed by atoms with van der Waals surface area (Å²) in [7, 11) is 0. The lowest BCUT2D eigenvalue weighted by Gasteiger charge is -2.26. The topological polar surface area (TPSA) is 57.5 Å². The summed E-state index contributed by atoms with van der Waals surface area (Å²) in [5.41, 5.74) is 0.964. The molecule has 3 nitrogen and oxygen atoms in total. The predicted molar refractivity (Wildman–Crippen MR) is 60.4 cm³/mol. The first-order chi connectivity index (χ1) is 7.68. The third kappa shape index (κ3) is 2.18. The Morgan fingerprint density at radius 2 is 1.75 bits per heavy atom.